The maximum absolute atomic E-state index is 6.58. The summed E-state index contributed by atoms with van der Waals surface area (Å²) in [5.74, 6) is 0. The molecule has 0 spiro atoms. The van der Waals surface area contributed by atoms with Gasteiger partial charge in [0.1, 0.15) is 0 Å². The average molecular weight is 321 g/mol. The third-order valence-electron chi connectivity index (χ3n) is 0.586. The summed E-state index contributed by atoms with van der Waals surface area (Å²) in [6.45, 7) is 11.0. The Balaban J connectivity index is -0.0000000447. The zero-order valence-corrected chi connectivity index (χ0v) is 17.0. The third-order valence-corrected chi connectivity index (χ3v) is 0.586. The molecular weight excluding hydrogens is 289 g/mol. The van der Waals surface area contributed by atoms with Crippen LogP contribution < -0.4 is 0 Å². The number of hydrogen-bond donors (Lipinski definition) is 0. The second-order valence-corrected chi connectivity index (χ2v) is 4.47. The first-order valence-electron chi connectivity index (χ1n) is 6.05. The maximum atomic E-state index is 6.58. The van der Waals surface area contributed by atoms with Gasteiger partial charge in [-0.2, -0.15) is 6.08 Å². The Morgan fingerprint density at radius 2 is 1.11 bits per heavy atom. The Morgan fingerprint density at radius 3 is 1.16 bits per heavy atom. The molecule has 0 aromatic rings. The summed E-state index contributed by atoms with van der Waals surface area (Å²) in [6.07, 6.45) is 10.0. The second kappa shape index (κ2) is 26.7. The van der Waals surface area contributed by atoms with Crippen molar-refractivity contribution in [3.8, 4) is 0 Å². The molecule has 19 heavy (non-hydrogen) atoms. The van der Waals surface area contributed by atoms with E-state index in [1.165, 1.54) is 0 Å². The van der Waals surface area contributed by atoms with E-state index in [-0.39, 0.29) is 47.6 Å². The fourth-order valence-corrected chi connectivity index (χ4v) is 0.340. The van der Waals surface area contributed by atoms with Crippen LogP contribution >= 0.6 is 0 Å². The SMILES string of the molecule is CC(C)[NH-].CC(C)[NH-].CC(C)[NH-].[C-]1=CC=CC1.[SiH3].[V+4]. The van der Waals surface area contributed by atoms with Gasteiger partial charge >= 0.3 is 18.6 Å². The molecule has 0 fully saturated rings. The first kappa shape index (κ1) is 31.5. The van der Waals surface area contributed by atoms with Gasteiger partial charge in [0.25, 0.3) is 0 Å². The van der Waals surface area contributed by atoms with Crippen LogP contribution in [-0.2, 0) is 18.6 Å². The number of nitrogens with one attached hydrogen (secondary N) is 3. The zero-order valence-electron chi connectivity index (χ0n) is 13.6. The standard InChI is InChI=1S/C5H5.3C3H8N.H3Si.V/c1-2-4-5-3-1;3*1-3(2)4;;/h1-3H,4H2;3*3-4H,1-2H3;1H3;/q4*-1;;+4. The molecule has 1 aliphatic carbocycles. The van der Waals surface area contributed by atoms with E-state index in [0.717, 1.165) is 6.42 Å². The molecule has 1 rings (SSSR count). The van der Waals surface area contributed by atoms with Gasteiger partial charge in [-0.3, -0.25) is 6.08 Å². The summed E-state index contributed by atoms with van der Waals surface area (Å²) in [6, 6.07) is 0.250. The van der Waals surface area contributed by atoms with E-state index < -0.39 is 0 Å². The van der Waals surface area contributed by atoms with Crippen LogP contribution in [0.25, 0.3) is 17.2 Å². The molecule has 0 saturated heterocycles. The Bertz CT molecular complexity index is 149. The smallest absolute Gasteiger partial charge is 0.675 e. The maximum Gasteiger partial charge on any atom is 4.00 e. The Labute approximate surface area is 137 Å². The molecule has 112 valence electrons. The second-order valence-electron chi connectivity index (χ2n) is 4.47. The molecular formula is C14H32N3SiV. The number of allylic oxidation sites excluding steroid dienone is 4. The van der Waals surface area contributed by atoms with Crippen molar-refractivity contribution in [3.05, 3.63) is 41.5 Å². The summed E-state index contributed by atoms with van der Waals surface area (Å²) in [5.41, 5.74) is 19.8. The van der Waals surface area contributed by atoms with Crippen molar-refractivity contribution in [2.45, 2.75) is 66.1 Å². The van der Waals surface area contributed by atoms with Crippen LogP contribution in [0.15, 0.2) is 18.2 Å². The molecule has 0 heterocycles. The fourth-order valence-electron chi connectivity index (χ4n) is 0.340. The molecule has 0 aromatic carbocycles. The molecule has 5 heteroatoms. The van der Waals surface area contributed by atoms with Crippen molar-refractivity contribution in [3.63, 3.8) is 0 Å². The van der Waals surface area contributed by atoms with Gasteiger partial charge in [-0.05, 0) is 11.0 Å². The molecule has 0 aliphatic heterocycles. The van der Waals surface area contributed by atoms with Gasteiger partial charge in [-0.1, -0.05) is 41.5 Å². The van der Waals surface area contributed by atoms with Gasteiger partial charge in [-0.25, -0.2) is 12.2 Å². The molecule has 0 atom stereocenters. The van der Waals surface area contributed by atoms with E-state index >= 15 is 0 Å². The molecule has 0 aromatic heterocycles. The average Bonchev–Trinajstić information content (AvgIpc) is 2.53. The first-order chi connectivity index (χ1) is 7.70. The quantitative estimate of drug-likeness (QED) is 0.467. The predicted octanol–water partition coefficient (Wildman–Crippen LogP) is 4.46. The van der Waals surface area contributed by atoms with Crippen LogP contribution in [-0.4, -0.2) is 29.1 Å². The fraction of sp³-hybridized carbons (Fsp3) is 0.714. The van der Waals surface area contributed by atoms with Gasteiger partial charge in [0.2, 0.25) is 0 Å². The van der Waals surface area contributed by atoms with Crippen LogP contribution in [0.5, 0.6) is 0 Å². The summed E-state index contributed by atoms with van der Waals surface area (Å²) in [7, 11) is 0. The zero-order chi connectivity index (χ0) is 14.3. The van der Waals surface area contributed by atoms with Crippen LogP contribution in [0.4, 0.5) is 0 Å². The van der Waals surface area contributed by atoms with Crippen molar-refractivity contribution in [2.75, 3.05) is 0 Å². The van der Waals surface area contributed by atoms with Crippen molar-refractivity contribution < 1.29 is 18.6 Å². The molecule has 3 N–H and O–H groups in total. The minimum absolute atomic E-state index is 0. The molecule has 2 radical (unpaired) electrons. The molecule has 3 nitrogen and oxygen atoms in total. The molecule has 0 bridgehead atoms. The van der Waals surface area contributed by atoms with Crippen molar-refractivity contribution >= 4 is 11.0 Å². The molecule has 0 amide bonds. The molecule has 1 aliphatic rings. The summed E-state index contributed by atoms with van der Waals surface area (Å²) in [4.78, 5) is 0. The van der Waals surface area contributed by atoms with Gasteiger partial charge in [0, 0.05) is 0 Å². The minimum Gasteiger partial charge on any atom is -0.675 e. The van der Waals surface area contributed by atoms with Gasteiger partial charge < -0.3 is 17.2 Å². The summed E-state index contributed by atoms with van der Waals surface area (Å²) < 4.78 is 0. The van der Waals surface area contributed by atoms with Crippen LogP contribution in [0, 0.1) is 6.08 Å². The molecule has 0 saturated carbocycles. The van der Waals surface area contributed by atoms with Crippen molar-refractivity contribution in [1.29, 1.82) is 0 Å². The van der Waals surface area contributed by atoms with E-state index in [1.54, 1.807) is 0 Å². The predicted molar refractivity (Wildman–Crippen MR) is 89.9 cm³/mol. The van der Waals surface area contributed by atoms with E-state index in [1.807, 2.05) is 53.7 Å². The molecule has 0 unspecified atom stereocenters. The van der Waals surface area contributed by atoms with Crippen LogP contribution in [0.3, 0.4) is 0 Å². The normalized spacial score (nSPS) is 10.3. The first-order valence-corrected chi connectivity index (χ1v) is 6.05. The minimum atomic E-state index is 0. The number of rotatable bonds is 0. The van der Waals surface area contributed by atoms with Gasteiger partial charge in [0.05, 0.1) is 0 Å². The van der Waals surface area contributed by atoms with E-state index in [9.17, 15) is 0 Å². The Morgan fingerprint density at radius 1 is 0.842 bits per heavy atom. The summed E-state index contributed by atoms with van der Waals surface area (Å²) >= 11 is 0. The largest absolute Gasteiger partial charge is 4.00 e. The Kier molecular flexibility index (Phi) is 44.2. The monoisotopic (exact) mass is 321 g/mol. The summed E-state index contributed by atoms with van der Waals surface area (Å²) in [5, 5.41) is 0. The van der Waals surface area contributed by atoms with E-state index in [0.29, 0.717) is 0 Å². The van der Waals surface area contributed by atoms with Crippen LogP contribution in [0.1, 0.15) is 48.0 Å². The van der Waals surface area contributed by atoms with Crippen LogP contribution in [0.2, 0.25) is 0 Å². The van der Waals surface area contributed by atoms with Crippen molar-refractivity contribution in [2.24, 2.45) is 0 Å². The van der Waals surface area contributed by atoms with Gasteiger partial charge in [0.15, 0.2) is 0 Å². The number of hydrogen-bond acceptors (Lipinski definition) is 0. The van der Waals surface area contributed by atoms with Crippen molar-refractivity contribution in [1.82, 2.24) is 0 Å². The topological polar surface area (TPSA) is 71.4 Å². The third kappa shape index (κ3) is 178. The van der Waals surface area contributed by atoms with Gasteiger partial charge in [-0.15, -0.1) is 24.5 Å². The van der Waals surface area contributed by atoms with E-state index in [4.69, 9.17) is 17.2 Å². The van der Waals surface area contributed by atoms with E-state index in [2.05, 4.69) is 12.2 Å². The Hall–Kier alpha value is 0.161.